The molecular formula is C18H22N2O3. The first-order valence-electron chi connectivity index (χ1n) is 7.45. The highest BCUT2D eigenvalue weighted by Gasteiger charge is 2.20. The number of hydrogen-bond donors (Lipinski definition) is 1. The summed E-state index contributed by atoms with van der Waals surface area (Å²) in [5.74, 6) is 0.864. The molecule has 122 valence electrons. The van der Waals surface area contributed by atoms with Gasteiger partial charge in [-0.3, -0.25) is 4.79 Å². The zero-order chi connectivity index (χ0) is 16.8. The fourth-order valence-electron chi connectivity index (χ4n) is 2.38. The van der Waals surface area contributed by atoms with Crippen LogP contribution in [0.3, 0.4) is 0 Å². The van der Waals surface area contributed by atoms with Crippen LogP contribution in [0.2, 0.25) is 0 Å². The number of carbonyl (C=O) groups excluding carboxylic acids is 1. The first-order valence-corrected chi connectivity index (χ1v) is 7.45. The highest BCUT2D eigenvalue weighted by atomic mass is 16.5. The molecule has 0 unspecified atom stereocenters. The Balaban J connectivity index is 2.30. The molecule has 1 amide bonds. The summed E-state index contributed by atoms with van der Waals surface area (Å²) < 4.78 is 10.5. The third kappa shape index (κ3) is 3.74. The molecule has 0 saturated heterocycles. The summed E-state index contributed by atoms with van der Waals surface area (Å²) in [7, 11) is 3.07. The van der Waals surface area contributed by atoms with E-state index in [2.05, 4.69) is 0 Å². The molecule has 0 aliphatic heterocycles. The van der Waals surface area contributed by atoms with Crippen molar-refractivity contribution in [3.63, 3.8) is 0 Å². The molecule has 2 aromatic rings. The van der Waals surface area contributed by atoms with Gasteiger partial charge in [-0.25, -0.2) is 0 Å². The van der Waals surface area contributed by atoms with Crippen LogP contribution in [0.15, 0.2) is 42.5 Å². The molecule has 0 fully saturated rings. The highest BCUT2D eigenvalue weighted by Crippen LogP contribution is 2.32. The standard InChI is InChI=1S/C18H22N2O3/c1-4-20(12-13-8-6-5-7-9-13)18(21)14-10-16(22-2)17(23-3)11-15(14)19/h5-11H,4,12,19H2,1-3H3. The number of ether oxygens (including phenoxy) is 2. The topological polar surface area (TPSA) is 64.8 Å². The smallest absolute Gasteiger partial charge is 0.256 e. The SMILES string of the molecule is CCN(Cc1ccccc1)C(=O)c1cc(OC)c(OC)cc1N. The summed E-state index contributed by atoms with van der Waals surface area (Å²) in [5.41, 5.74) is 7.89. The molecule has 0 heterocycles. The number of rotatable bonds is 6. The van der Waals surface area contributed by atoms with Crippen LogP contribution in [0.4, 0.5) is 5.69 Å². The number of nitrogens with two attached hydrogens (primary N) is 1. The van der Waals surface area contributed by atoms with E-state index in [1.807, 2.05) is 37.3 Å². The van der Waals surface area contributed by atoms with Crippen LogP contribution < -0.4 is 15.2 Å². The molecule has 5 nitrogen and oxygen atoms in total. The minimum Gasteiger partial charge on any atom is -0.493 e. The number of amides is 1. The van der Waals surface area contributed by atoms with Gasteiger partial charge in [-0.2, -0.15) is 0 Å². The zero-order valence-corrected chi connectivity index (χ0v) is 13.7. The van der Waals surface area contributed by atoms with Gasteiger partial charge in [0, 0.05) is 24.8 Å². The Kier molecular flexibility index (Phi) is 5.46. The third-order valence-corrected chi connectivity index (χ3v) is 3.67. The molecule has 0 saturated carbocycles. The van der Waals surface area contributed by atoms with Gasteiger partial charge in [0.05, 0.1) is 19.8 Å². The summed E-state index contributed by atoms with van der Waals surface area (Å²) in [6.45, 7) is 3.06. The predicted octanol–water partition coefficient (Wildman–Crippen LogP) is 2.95. The summed E-state index contributed by atoms with van der Waals surface area (Å²) in [6, 6.07) is 13.1. The van der Waals surface area contributed by atoms with Crippen molar-refractivity contribution in [2.45, 2.75) is 13.5 Å². The van der Waals surface area contributed by atoms with Gasteiger partial charge in [0.15, 0.2) is 11.5 Å². The number of hydrogen-bond acceptors (Lipinski definition) is 4. The van der Waals surface area contributed by atoms with E-state index in [-0.39, 0.29) is 5.91 Å². The Morgan fingerprint density at radius 1 is 1.09 bits per heavy atom. The lowest BCUT2D eigenvalue weighted by atomic mass is 10.1. The van der Waals surface area contributed by atoms with Crippen molar-refractivity contribution in [1.29, 1.82) is 0 Å². The van der Waals surface area contributed by atoms with Crippen LogP contribution in [-0.2, 0) is 6.54 Å². The molecule has 5 heteroatoms. The average Bonchev–Trinajstić information content (AvgIpc) is 2.59. The maximum absolute atomic E-state index is 12.8. The summed E-state index contributed by atoms with van der Waals surface area (Å²) in [4.78, 5) is 14.6. The van der Waals surface area contributed by atoms with E-state index in [1.54, 1.807) is 17.0 Å². The van der Waals surface area contributed by atoms with Crippen LogP contribution in [0.1, 0.15) is 22.8 Å². The van der Waals surface area contributed by atoms with E-state index in [9.17, 15) is 4.79 Å². The third-order valence-electron chi connectivity index (χ3n) is 3.67. The second kappa shape index (κ2) is 7.54. The van der Waals surface area contributed by atoms with Crippen molar-refractivity contribution >= 4 is 11.6 Å². The molecule has 23 heavy (non-hydrogen) atoms. The fraction of sp³-hybridized carbons (Fsp3) is 0.278. The monoisotopic (exact) mass is 314 g/mol. The molecule has 2 aromatic carbocycles. The van der Waals surface area contributed by atoms with Gasteiger partial charge >= 0.3 is 0 Å². The van der Waals surface area contributed by atoms with E-state index in [0.717, 1.165) is 5.56 Å². The van der Waals surface area contributed by atoms with Crippen molar-refractivity contribution in [2.75, 3.05) is 26.5 Å². The number of anilines is 1. The van der Waals surface area contributed by atoms with Gasteiger partial charge in [0.25, 0.3) is 5.91 Å². The average molecular weight is 314 g/mol. The maximum Gasteiger partial charge on any atom is 0.256 e. The Morgan fingerprint density at radius 3 is 2.26 bits per heavy atom. The van der Waals surface area contributed by atoms with E-state index < -0.39 is 0 Å². The van der Waals surface area contributed by atoms with Crippen LogP contribution >= 0.6 is 0 Å². The van der Waals surface area contributed by atoms with Crippen molar-refractivity contribution in [3.8, 4) is 11.5 Å². The minimum atomic E-state index is -0.130. The Bertz CT molecular complexity index is 671. The van der Waals surface area contributed by atoms with E-state index >= 15 is 0 Å². The van der Waals surface area contributed by atoms with Crippen LogP contribution in [0, 0.1) is 0 Å². The lowest BCUT2D eigenvalue weighted by Crippen LogP contribution is -2.31. The summed E-state index contributed by atoms with van der Waals surface area (Å²) in [5, 5.41) is 0. The Morgan fingerprint density at radius 2 is 1.70 bits per heavy atom. The number of nitrogen functional groups attached to an aromatic ring is 1. The number of carbonyl (C=O) groups is 1. The van der Waals surface area contributed by atoms with Gasteiger partial charge in [0.2, 0.25) is 0 Å². The minimum absolute atomic E-state index is 0.130. The molecule has 2 rings (SSSR count). The molecule has 0 radical (unpaired) electrons. The zero-order valence-electron chi connectivity index (χ0n) is 13.7. The lowest BCUT2D eigenvalue weighted by Gasteiger charge is -2.22. The normalized spacial score (nSPS) is 10.2. The van der Waals surface area contributed by atoms with E-state index in [0.29, 0.717) is 35.8 Å². The maximum atomic E-state index is 12.8. The predicted molar refractivity (Wildman–Crippen MR) is 90.8 cm³/mol. The molecular weight excluding hydrogens is 292 g/mol. The van der Waals surface area contributed by atoms with Gasteiger partial charge in [-0.15, -0.1) is 0 Å². The van der Waals surface area contributed by atoms with E-state index in [4.69, 9.17) is 15.2 Å². The van der Waals surface area contributed by atoms with Crippen molar-refractivity contribution in [3.05, 3.63) is 53.6 Å². The summed E-state index contributed by atoms with van der Waals surface area (Å²) >= 11 is 0. The van der Waals surface area contributed by atoms with Gasteiger partial charge in [-0.1, -0.05) is 30.3 Å². The van der Waals surface area contributed by atoms with Crippen LogP contribution in [-0.4, -0.2) is 31.6 Å². The van der Waals surface area contributed by atoms with Gasteiger partial charge < -0.3 is 20.1 Å². The molecule has 0 aromatic heterocycles. The lowest BCUT2D eigenvalue weighted by molar-refractivity contribution is 0.0753. The van der Waals surface area contributed by atoms with Gasteiger partial charge in [0.1, 0.15) is 0 Å². The first-order chi connectivity index (χ1) is 11.1. The van der Waals surface area contributed by atoms with Crippen molar-refractivity contribution in [2.24, 2.45) is 0 Å². The van der Waals surface area contributed by atoms with Crippen molar-refractivity contribution < 1.29 is 14.3 Å². The largest absolute Gasteiger partial charge is 0.493 e. The Labute approximate surface area is 136 Å². The second-order valence-electron chi connectivity index (χ2n) is 5.10. The van der Waals surface area contributed by atoms with Crippen LogP contribution in [0.5, 0.6) is 11.5 Å². The number of nitrogens with zero attached hydrogens (tertiary/aromatic N) is 1. The Hall–Kier alpha value is -2.69. The summed E-state index contributed by atoms with van der Waals surface area (Å²) in [6.07, 6.45) is 0. The van der Waals surface area contributed by atoms with E-state index in [1.165, 1.54) is 14.2 Å². The number of benzene rings is 2. The molecule has 0 aliphatic carbocycles. The first kappa shape index (κ1) is 16.7. The van der Waals surface area contributed by atoms with Gasteiger partial charge in [-0.05, 0) is 18.6 Å². The molecule has 2 N–H and O–H groups in total. The molecule has 0 aliphatic rings. The quantitative estimate of drug-likeness (QED) is 0.833. The molecule has 0 spiro atoms. The van der Waals surface area contributed by atoms with Crippen molar-refractivity contribution in [1.82, 2.24) is 4.90 Å². The highest BCUT2D eigenvalue weighted by molar-refractivity contribution is 6.00. The van der Waals surface area contributed by atoms with Crippen LogP contribution in [0.25, 0.3) is 0 Å². The fourth-order valence-corrected chi connectivity index (χ4v) is 2.38. The molecule has 0 bridgehead atoms. The number of methoxy groups -OCH3 is 2. The second-order valence-corrected chi connectivity index (χ2v) is 5.10. The molecule has 0 atom stereocenters.